The number of benzene rings is 2. The lowest BCUT2D eigenvalue weighted by Gasteiger charge is -2.14. The summed E-state index contributed by atoms with van der Waals surface area (Å²) in [7, 11) is 0.707. The van der Waals surface area contributed by atoms with E-state index in [2.05, 4.69) is 5.10 Å². The van der Waals surface area contributed by atoms with Gasteiger partial charge in [-0.1, -0.05) is 31.2 Å². The van der Waals surface area contributed by atoms with Crippen LogP contribution in [0.2, 0.25) is 5.02 Å². The van der Waals surface area contributed by atoms with Crippen molar-refractivity contribution in [3.05, 3.63) is 59.1 Å². The molecule has 0 radical (unpaired) electrons. The quantitative estimate of drug-likeness (QED) is 0.594. The zero-order valence-corrected chi connectivity index (χ0v) is 18.3. The first-order chi connectivity index (χ1) is 13.8. The molecule has 164 valence electrons. The van der Waals surface area contributed by atoms with Crippen LogP contribution >= 0.6 is 11.6 Å². The fraction of sp³-hybridized carbons (Fsp3) is 0.409. The Kier molecular flexibility index (Phi) is 8.85. The first-order valence-corrected chi connectivity index (χ1v) is 11.7. The van der Waals surface area contributed by atoms with Gasteiger partial charge in [0.25, 0.3) is 0 Å². The summed E-state index contributed by atoms with van der Waals surface area (Å²) in [6.07, 6.45) is 0.827. The van der Waals surface area contributed by atoms with Gasteiger partial charge < -0.3 is 9.64 Å². The second-order valence-corrected chi connectivity index (χ2v) is 9.85. The van der Waals surface area contributed by atoms with E-state index in [4.69, 9.17) is 16.3 Å². The molecule has 0 saturated carbocycles. The van der Waals surface area contributed by atoms with Crippen molar-refractivity contribution in [3.63, 3.8) is 0 Å². The Bertz CT molecular complexity index is 943. The van der Waals surface area contributed by atoms with E-state index < -0.39 is 9.84 Å². The number of likely N-dealkylation sites (N-methyl/N-ethyl adjacent to an activating group) is 1. The monoisotopic (exact) mass is 452 g/mol. The fourth-order valence-corrected chi connectivity index (χ4v) is 4.23. The van der Waals surface area contributed by atoms with E-state index in [-0.39, 0.29) is 19.8 Å². The van der Waals surface area contributed by atoms with Crippen molar-refractivity contribution in [1.29, 1.82) is 0 Å². The normalized spacial score (nSPS) is 14.0. The van der Waals surface area contributed by atoms with Crippen LogP contribution in [0.1, 0.15) is 19.4 Å². The molecular formula is C22H31ClN3O3S+. The summed E-state index contributed by atoms with van der Waals surface area (Å²) in [6, 6.07) is 14.5. The maximum Gasteiger partial charge on any atom is 0.180 e. The topological polar surface area (TPSA) is 63.4 Å². The minimum absolute atomic E-state index is 0. The van der Waals surface area contributed by atoms with Gasteiger partial charge >= 0.3 is 0 Å². The highest BCUT2D eigenvalue weighted by molar-refractivity contribution is 7.91. The second-order valence-electron chi connectivity index (χ2n) is 7.31. The summed E-state index contributed by atoms with van der Waals surface area (Å²) >= 11 is 5.95. The lowest BCUT2D eigenvalue weighted by atomic mass is 10.1. The molecule has 0 fully saturated rings. The number of halogens is 1. The smallest absolute Gasteiger partial charge is 0.180 e. The molecule has 30 heavy (non-hydrogen) atoms. The van der Waals surface area contributed by atoms with Crippen molar-refractivity contribution in [3.8, 4) is 0 Å². The van der Waals surface area contributed by atoms with E-state index in [0.29, 0.717) is 16.5 Å². The Balaban J connectivity index is 0.00000320. The molecule has 2 aromatic carbocycles. The molecule has 1 heterocycles. The summed E-state index contributed by atoms with van der Waals surface area (Å²) in [5.41, 5.74) is 2.92. The van der Waals surface area contributed by atoms with Crippen LogP contribution in [0, 0.1) is 0 Å². The van der Waals surface area contributed by atoms with Gasteiger partial charge in [-0.2, -0.15) is 5.10 Å². The molecule has 0 atom stereocenters. The SMILES string of the molecule is C.C[NH+](C)CCOCCS(=O)(=O)c1ccc(N2CCC(c3ccc(Cl)cc3)=N2)cc1. The van der Waals surface area contributed by atoms with Gasteiger partial charge in [-0.05, 0) is 42.0 Å². The number of nitrogens with one attached hydrogen (secondary N) is 1. The Morgan fingerprint density at radius 3 is 2.37 bits per heavy atom. The van der Waals surface area contributed by atoms with Gasteiger partial charge in [0.1, 0.15) is 6.54 Å². The maximum absolute atomic E-state index is 12.5. The third-order valence-corrected chi connectivity index (χ3v) is 6.66. The van der Waals surface area contributed by atoms with E-state index in [1.807, 2.05) is 43.4 Å². The summed E-state index contributed by atoms with van der Waals surface area (Å²) in [5, 5.41) is 7.26. The van der Waals surface area contributed by atoms with E-state index in [1.54, 1.807) is 24.3 Å². The minimum Gasteiger partial charge on any atom is -0.375 e. The van der Waals surface area contributed by atoms with Crippen molar-refractivity contribution in [2.45, 2.75) is 18.7 Å². The van der Waals surface area contributed by atoms with E-state index >= 15 is 0 Å². The summed E-state index contributed by atoms with van der Waals surface area (Å²) in [4.78, 5) is 1.58. The highest BCUT2D eigenvalue weighted by atomic mass is 35.5. The first-order valence-electron chi connectivity index (χ1n) is 9.66. The lowest BCUT2D eigenvalue weighted by molar-refractivity contribution is -0.858. The average Bonchev–Trinajstić information content (AvgIpc) is 3.18. The number of hydrazone groups is 1. The molecule has 1 aliphatic heterocycles. The Labute approximate surface area is 185 Å². The lowest BCUT2D eigenvalue weighted by Crippen LogP contribution is -3.06. The number of sulfone groups is 1. The zero-order chi connectivity index (χ0) is 20.9. The first kappa shape index (κ1) is 24.3. The molecule has 0 unspecified atom stereocenters. The highest BCUT2D eigenvalue weighted by Crippen LogP contribution is 2.24. The molecule has 1 aliphatic rings. The standard InChI is InChI=1S/C21H26ClN3O3S.CH4/c1-24(2)13-14-28-15-16-29(26,27)20-9-7-19(8-10-20)25-12-11-21(23-25)17-3-5-18(22)6-4-17;/h3-10H,11-16H2,1-2H3;1H4/p+1. The Morgan fingerprint density at radius 1 is 1.07 bits per heavy atom. The Morgan fingerprint density at radius 2 is 1.73 bits per heavy atom. The molecular weight excluding hydrogens is 422 g/mol. The molecule has 2 aromatic rings. The molecule has 0 amide bonds. The molecule has 1 N–H and O–H groups in total. The van der Waals surface area contributed by atoms with Gasteiger partial charge in [0.05, 0.1) is 49.4 Å². The third kappa shape index (κ3) is 6.54. The average molecular weight is 453 g/mol. The van der Waals surface area contributed by atoms with E-state index in [9.17, 15) is 8.42 Å². The predicted octanol–water partition coefficient (Wildman–Crippen LogP) is 2.53. The van der Waals surface area contributed by atoms with Crippen molar-refractivity contribution in [2.24, 2.45) is 5.10 Å². The molecule has 6 nitrogen and oxygen atoms in total. The summed E-state index contributed by atoms with van der Waals surface area (Å²) in [5.74, 6) is -0.0162. The van der Waals surface area contributed by atoms with Crippen molar-refractivity contribution >= 4 is 32.8 Å². The minimum atomic E-state index is -3.36. The highest BCUT2D eigenvalue weighted by Gasteiger charge is 2.19. The molecule has 0 aliphatic carbocycles. The molecule has 0 saturated heterocycles. The van der Waals surface area contributed by atoms with E-state index in [0.717, 1.165) is 36.5 Å². The van der Waals surface area contributed by atoms with Gasteiger partial charge in [-0.3, -0.25) is 5.01 Å². The molecule has 0 aromatic heterocycles. The predicted molar refractivity (Wildman–Crippen MR) is 124 cm³/mol. The molecule has 3 rings (SSSR count). The van der Waals surface area contributed by atoms with E-state index in [1.165, 1.54) is 4.90 Å². The Hall–Kier alpha value is -1.93. The van der Waals surface area contributed by atoms with Crippen molar-refractivity contribution < 1.29 is 18.1 Å². The van der Waals surface area contributed by atoms with Gasteiger partial charge in [0.15, 0.2) is 9.84 Å². The summed E-state index contributed by atoms with van der Waals surface area (Å²) < 4.78 is 30.4. The number of quaternary nitrogens is 1. The van der Waals surface area contributed by atoms with Crippen LogP contribution < -0.4 is 9.91 Å². The maximum atomic E-state index is 12.5. The molecule has 8 heteroatoms. The van der Waals surface area contributed by atoms with Crippen LogP contribution in [0.3, 0.4) is 0 Å². The molecule has 0 bridgehead atoms. The number of ether oxygens (including phenoxy) is 1. The number of hydrogen-bond acceptors (Lipinski definition) is 5. The van der Waals surface area contributed by atoms with Gasteiger partial charge in [0, 0.05) is 18.0 Å². The number of hydrogen-bond donors (Lipinski definition) is 1. The van der Waals surface area contributed by atoms with Crippen LogP contribution in [0.25, 0.3) is 0 Å². The van der Waals surface area contributed by atoms with Crippen LogP contribution in [-0.4, -0.2) is 60.3 Å². The van der Waals surface area contributed by atoms with Gasteiger partial charge in [0.2, 0.25) is 0 Å². The fourth-order valence-electron chi connectivity index (χ4n) is 2.98. The van der Waals surface area contributed by atoms with Crippen molar-refractivity contribution in [1.82, 2.24) is 0 Å². The van der Waals surface area contributed by atoms with Crippen molar-refractivity contribution in [2.75, 3.05) is 51.2 Å². The van der Waals surface area contributed by atoms with Crippen LogP contribution in [0.5, 0.6) is 0 Å². The van der Waals surface area contributed by atoms with Crippen LogP contribution in [0.15, 0.2) is 58.5 Å². The third-order valence-electron chi connectivity index (χ3n) is 4.72. The largest absolute Gasteiger partial charge is 0.375 e. The number of anilines is 1. The van der Waals surface area contributed by atoms with Gasteiger partial charge in [-0.25, -0.2) is 8.42 Å². The number of nitrogens with zero attached hydrogens (tertiary/aromatic N) is 2. The van der Waals surface area contributed by atoms with Crippen LogP contribution in [-0.2, 0) is 14.6 Å². The summed E-state index contributed by atoms with van der Waals surface area (Å²) in [6.45, 7) is 2.37. The van der Waals surface area contributed by atoms with Gasteiger partial charge in [-0.15, -0.1) is 0 Å². The zero-order valence-electron chi connectivity index (χ0n) is 16.8. The number of rotatable bonds is 9. The second kappa shape index (κ2) is 10.9. The van der Waals surface area contributed by atoms with Crippen LogP contribution in [0.4, 0.5) is 5.69 Å². The molecule has 0 spiro atoms.